The highest BCUT2D eigenvalue weighted by Crippen LogP contribution is 2.25. The van der Waals surface area contributed by atoms with Gasteiger partial charge >= 0.3 is 0 Å². The maximum Gasteiger partial charge on any atom is 0.255 e. The van der Waals surface area contributed by atoms with E-state index in [1.54, 1.807) is 24.3 Å². The number of hydrogen-bond acceptors (Lipinski definition) is 2. The molecule has 0 bridgehead atoms. The van der Waals surface area contributed by atoms with Crippen molar-refractivity contribution in [2.75, 3.05) is 5.32 Å². The van der Waals surface area contributed by atoms with E-state index in [1.165, 1.54) is 0 Å². The van der Waals surface area contributed by atoms with Crippen LogP contribution in [0, 0.1) is 20.8 Å². The van der Waals surface area contributed by atoms with Gasteiger partial charge in [0.05, 0.1) is 0 Å². The summed E-state index contributed by atoms with van der Waals surface area (Å²) in [6.45, 7) is 5.70. The number of phenols is 1. The van der Waals surface area contributed by atoms with Gasteiger partial charge in [-0.3, -0.25) is 4.79 Å². The summed E-state index contributed by atoms with van der Waals surface area (Å²) in [5.74, 6) is 0.0697. The van der Waals surface area contributed by atoms with Gasteiger partial charge in [-0.1, -0.05) is 17.7 Å². The molecule has 0 unspecified atom stereocenters. The monoisotopic (exact) mass is 255 g/mol. The van der Waals surface area contributed by atoms with Crippen molar-refractivity contribution in [2.45, 2.75) is 20.8 Å². The first-order valence-corrected chi connectivity index (χ1v) is 6.15. The molecular weight excluding hydrogens is 238 g/mol. The molecule has 19 heavy (non-hydrogen) atoms. The molecule has 0 aliphatic heterocycles. The minimum Gasteiger partial charge on any atom is -0.508 e. The number of carbonyl (C=O) groups is 1. The molecular formula is C16H17NO2. The summed E-state index contributed by atoms with van der Waals surface area (Å²) < 4.78 is 0. The summed E-state index contributed by atoms with van der Waals surface area (Å²) in [4.78, 5) is 12.1. The lowest BCUT2D eigenvalue weighted by Crippen LogP contribution is -2.13. The van der Waals surface area contributed by atoms with Crippen molar-refractivity contribution in [1.82, 2.24) is 0 Å². The molecule has 0 fully saturated rings. The molecule has 0 aromatic heterocycles. The van der Waals surface area contributed by atoms with Crippen LogP contribution in [-0.2, 0) is 0 Å². The van der Waals surface area contributed by atoms with Crippen LogP contribution in [0.25, 0.3) is 0 Å². The number of carbonyl (C=O) groups excluding carboxylic acids is 1. The summed E-state index contributed by atoms with van der Waals surface area (Å²) in [7, 11) is 0. The lowest BCUT2D eigenvalue weighted by molar-refractivity contribution is 0.102. The number of hydrogen-bond donors (Lipinski definition) is 2. The molecule has 2 N–H and O–H groups in total. The molecule has 0 aliphatic carbocycles. The Morgan fingerprint density at radius 2 is 1.53 bits per heavy atom. The molecule has 2 aromatic rings. The number of aryl methyl sites for hydroxylation is 3. The van der Waals surface area contributed by atoms with Crippen molar-refractivity contribution in [3.8, 4) is 5.75 Å². The number of amides is 1. The Hall–Kier alpha value is -2.29. The van der Waals surface area contributed by atoms with Gasteiger partial charge in [0.15, 0.2) is 0 Å². The molecule has 0 spiro atoms. The third kappa shape index (κ3) is 2.94. The molecule has 3 heteroatoms. The molecule has 0 saturated carbocycles. The van der Waals surface area contributed by atoms with Crippen LogP contribution in [0.1, 0.15) is 27.0 Å². The maximum absolute atomic E-state index is 12.1. The molecule has 2 aromatic carbocycles. The van der Waals surface area contributed by atoms with Crippen molar-refractivity contribution in [3.63, 3.8) is 0 Å². The van der Waals surface area contributed by atoms with Crippen LogP contribution >= 0.6 is 0 Å². The first kappa shape index (κ1) is 13.1. The lowest BCUT2D eigenvalue weighted by Gasteiger charge is -2.12. The van der Waals surface area contributed by atoms with Gasteiger partial charge in [0.1, 0.15) is 5.75 Å². The quantitative estimate of drug-likeness (QED) is 0.806. The van der Waals surface area contributed by atoms with Gasteiger partial charge in [0.25, 0.3) is 5.91 Å². The number of aromatic hydroxyl groups is 1. The first-order valence-electron chi connectivity index (χ1n) is 6.15. The Balaban J connectivity index is 2.26. The largest absolute Gasteiger partial charge is 0.508 e. The van der Waals surface area contributed by atoms with Crippen molar-refractivity contribution < 1.29 is 9.90 Å². The Kier molecular flexibility index (Phi) is 3.56. The highest BCUT2D eigenvalue weighted by molar-refractivity contribution is 6.05. The average molecular weight is 255 g/mol. The predicted molar refractivity (Wildman–Crippen MR) is 76.7 cm³/mol. The van der Waals surface area contributed by atoms with Crippen LogP contribution in [0.4, 0.5) is 5.69 Å². The zero-order chi connectivity index (χ0) is 14.0. The normalized spacial score (nSPS) is 10.3. The summed E-state index contributed by atoms with van der Waals surface area (Å²) in [5.41, 5.74) is 4.19. The standard InChI is InChI=1S/C16H17NO2/c1-10-4-6-13(7-5-10)16(19)17-15-11(2)8-14(18)9-12(15)3/h4-9,18H,1-3H3,(H,17,19). The molecule has 0 atom stereocenters. The SMILES string of the molecule is Cc1ccc(C(=O)Nc2c(C)cc(O)cc2C)cc1. The van der Waals surface area contributed by atoms with Gasteiger partial charge in [-0.2, -0.15) is 0 Å². The number of nitrogens with one attached hydrogen (secondary N) is 1. The molecule has 2 rings (SSSR count). The molecule has 1 amide bonds. The molecule has 0 heterocycles. The number of phenolic OH excluding ortho intramolecular Hbond substituents is 1. The van der Waals surface area contributed by atoms with Crippen molar-refractivity contribution in [3.05, 3.63) is 58.7 Å². The van der Waals surface area contributed by atoms with Gasteiger partial charge in [0.2, 0.25) is 0 Å². The van der Waals surface area contributed by atoms with Crippen molar-refractivity contribution >= 4 is 11.6 Å². The van der Waals surface area contributed by atoms with Crippen LogP contribution in [0.2, 0.25) is 0 Å². The highest BCUT2D eigenvalue weighted by atomic mass is 16.3. The van der Waals surface area contributed by atoms with E-state index < -0.39 is 0 Å². The van der Waals surface area contributed by atoms with E-state index in [2.05, 4.69) is 5.32 Å². The second-order valence-electron chi connectivity index (χ2n) is 4.77. The van der Waals surface area contributed by atoms with Gasteiger partial charge in [-0.25, -0.2) is 0 Å². The average Bonchev–Trinajstić information content (AvgIpc) is 2.34. The van der Waals surface area contributed by atoms with E-state index in [-0.39, 0.29) is 11.7 Å². The minimum absolute atomic E-state index is 0.142. The fourth-order valence-electron chi connectivity index (χ4n) is 2.03. The highest BCUT2D eigenvalue weighted by Gasteiger charge is 2.10. The number of rotatable bonds is 2. The van der Waals surface area contributed by atoms with E-state index in [0.29, 0.717) is 5.56 Å². The molecule has 0 radical (unpaired) electrons. The van der Waals surface area contributed by atoms with Crippen molar-refractivity contribution in [2.24, 2.45) is 0 Å². The van der Waals surface area contributed by atoms with Crippen LogP contribution < -0.4 is 5.32 Å². The Bertz CT molecular complexity index is 592. The first-order chi connectivity index (χ1) is 8.97. The molecule has 0 aliphatic rings. The zero-order valence-electron chi connectivity index (χ0n) is 11.3. The van der Waals surface area contributed by atoms with E-state index in [4.69, 9.17) is 0 Å². The van der Waals surface area contributed by atoms with Gasteiger partial charge in [-0.15, -0.1) is 0 Å². The molecule has 0 saturated heterocycles. The van der Waals surface area contributed by atoms with E-state index in [0.717, 1.165) is 22.4 Å². The Morgan fingerprint density at radius 1 is 1.00 bits per heavy atom. The number of anilines is 1. The maximum atomic E-state index is 12.1. The van der Waals surface area contributed by atoms with Gasteiger partial charge in [-0.05, 0) is 56.2 Å². The predicted octanol–water partition coefficient (Wildman–Crippen LogP) is 3.57. The van der Waals surface area contributed by atoms with Crippen LogP contribution in [0.3, 0.4) is 0 Å². The van der Waals surface area contributed by atoms with Crippen molar-refractivity contribution in [1.29, 1.82) is 0 Å². The third-order valence-electron chi connectivity index (χ3n) is 3.07. The summed E-state index contributed by atoms with van der Waals surface area (Å²) in [6.07, 6.45) is 0. The lowest BCUT2D eigenvalue weighted by atomic mass is 10.1. The smallest absolute Gasteiger partial charge is 0.255 e. The Morgan fingerprint density at radius 3 is 2.05 bits per heavy atom. The van der Waals surface area contributed by atoms with E-state index in [9.17, 15) is 9.90 Å². The molecule has 3 nitrogen and oxygen atoms in total. The fourth-order valence-corrected chi connectivity index (χ4v) is 2.03. The van der Waals surface area contributed by atoms with Gasteiger partial charge in [0, 0.05) is 11.3 Å². The number of benzene rings is 2. The van der Waals surface area contributed by atoms with Gasteiger partial charge < -0.3 is 10.4 Å². The Labute approximate surface area is 112 Å². The fraction of sp³-hybridized carbons (Fsp3) is 0.188. The second kappa shape index (κ2) is 5.14. The van der Waals surface area contributed by atoms with Crippen LogP contribution in [0.15, 0.2) is 36.4 Å². The van der Waals surface area contributed by atoms with E-state index in [1.807, 2.05) is 32.9 Å². The molecule has 98 valence electrons. The van der Waals surface area contributed by atoms with E-state index >= 15 is 0 Å². The zero-order valence-corrected chi connectivity index (χ0v) is 11.3. The third-order valence-corrected chi connectivity index (χ3v) is 3.07. The minimum atomic E-state index is -0.142. The summed E-state index contributed by atoms with van der Waals surface area (Å²) >= 11 is 0. The topological polar surface area (TPSA) is 49.3 Å². The second-order valence-corrected chi connectivity index (χ2v) is 4.77. The summed E-state index contributed by atoms with van der Waals surface area (Å²) in [5, 5.41) is 12.4. The van der Waals surface area contributed by atoms with Crippen LogP contribution in [0.5, 0.6) is 5.75 Å². The summed E-state index contributed by atoms with van der Waals surface area (Å²) in [6, 6.07) is 10.7. The van der Waals surface area contributed by atoms with Crippen LogP contribution in [-0.4, -0.2) is 11.0 Å².